The van der Waals surface area contributed by atoms with Crippen LogP contribution in [0.1, 0.15) is 0 Å². The van der Waals surface area contributed by atoms with Crippen molar-refractivity contribution >= 4 is 40.8 Å². The van der Waals surface area contributed by atoms with Gasteiger partial charge < -0.3 is 20.3 Å². The van der Waals surface area contributed by atoms with Crippen LogP contribution in [0.15, 0.2) is 54.6 Å². The molecule has 1 aliphatic heterocycles. The molecular formula is C19H19ClN6O. The third-order valence-electron chi connectivity index (χ3n) is 4.05. The lowest BCUT2D eigenvalue weighted by molar-refractivity contribution is 0.122. The Bertz CT molecular complexity index is 884. The minimum atomic E-state index is 0.465. The van der Waals surface area contributed by atoms with Crippen molar-refractivity contribution in [2.75, 3.05) is 41.8 Å². The SMILES string of the molecule is Clc1ccc(Nc2nc(Nc3ccccc3)nc(N3CCOCC3)n2)cc1. The summed E-state index contributed by atoms with van der Waals surface area (Å²) in [6.45, 7) is 2.81. The maximum atomic E-state index is 5.96. The molecule has 0 bridgehead atoms. The van der Waals surface area contributed by atoms with Crippen LogP contribution >= 0.6 is 11.6 Å². The van der Waals surface area contributed by atoms with Crippen LogP contribution in [-0.4, -0.2) is 41.3 Å². The molecule has 2 N–H and O–H groups in total. The van der Waals surface area contributed by atoms with Crippen LogP contribution in [0.2, 0.25) is 5.02 Å². The van der Waals surface area contributed by atoms with E-state index >= 15 is 0 Å². The van der Waals surface area contributed by atoms with Gasteiger partial charge in [0.2, 0.25) is 17.8 Å². The van der Waals surface area contributed by atoms with Crippen LogP contribution in [0.5, 0.6) is 0 Å². The second-order valence-corrected chi connectivity index (χ2v) is 6.44. The van der Waals surface area contributed by atoms with Gasteiger partial charge in [0.05, 0.1) is 13.2 Å². The normalized spacial score (nSPS) is 14.0. The summed E-state index contributed by atoms with van der Waals surface area (Å²) in [5, 5.41) is 7.13. The largest absolute Gasteiger partial charge is 0.378 e. The summed E-state index contributed by atoms with van der Waals surface area (Å²) in [4.78, 5) is 15.8. The molecule has 7 nitrogen and oxygen atoms in total. The van der Waals surface area contributed by atoms with Crippen LogP contribution in [0.3, 0.4) is 0 Å². The van der Waals surface area contributed by atoms with E-state index in [1.165, 1.54) is 0 Å². The van der Waals surface area contributed by atoms with Crippen molar-refractivity contribution in [3.63, 3.8) is 0 Å². The molecule has 2 heterocycles. The number of aromatic nitrogens is 3. The molecule has 1 aromatic heterocycles. The Labute approximate surface area is 162 Å². The number of hydrogen-bond donors (Lipinski definition) is 2. The molecule has 27 heavy (non-hydrogen) atoms. The van der Waals surface area contributed by atoms with Gasteiger partial charge in [-0.15, -0.1) is 0 Å². The lowest BCUT2D eigenvalue weighted by atomic mass is 10.3. The molecule has 8 heteroatoms. The summed E-state index contributed by atoms with van der Waals surface area (Å²) in [6, 6.07) is 17.2. The van der Waals surface area contributed by atoms with E-state index in [0.29, 0.717) is 36.1 Å². The summed E-state index contributed by atoms with van der Waals surface area (Å²) >= 11 is 5.96. The fourth-order valence-electron chi connectivity index (χ4n) is 2.69. The molecule has 2 aromatic carbocycles. The summed E-state index contributed by atoms with van der Waals surface area (Å²) in [5.74, 6) is 1.56. The highest BCUT2D eigenvalue weighted by atomic mass is 35.5. The van der Waals surface area contributed by atoms with Crippen molar-refractivity contribution in [3.8, 4) is 0 Å². The third kappa shape index (κ3) is 4.64. The highest BCUT2D eigenvalue weighted by molar-refractivity contribution is 6.30. The van der Waals surface area contributed by atoms with Gasteiger partial charge in [0.15, 0.2) is 0 Å². The first-order valence-electron chi connectivity index (χ1n) is 8.70. The molecule has 0 spiro atoms. The van der Waals surface area contributed by atoms with Crippen LogP contribution in [0.25, 0.3) is 0 Å². The van der Waals surface area contributed by atoms with Crippen molar-refractivity contribution in [1.29, 1.82) is 0 Å². The number of nitrogens with one attached hydrogen (secondary N) is 2. The van der Waals surface area contributed by atoms with Gasteiger partial charge in [0.25, 0.3) is 0 Å². The third-order valence-corrected chi connectivity index (χ3v) is 4.30. The van der Waals surface area contributed by atoms with Crippen molar-refractivity contribution in [3.05, 3.63) is 59.6 Å². The standard InChI is InChI=1S/C19H19ClN6O/c20-14-6-8-16(9-7-14)22-18-23-17(21-15-4-2-1-3-5-15)24-19(25-18)26-10-12-27-13-11-26/h1-9H,10-13H2,(H2,21,22,23,24,25). The van der Waals surface area contributed by atoms with E-state index in [1.54, 1.807) is 0 Å². The van der Waals surface area contributed by atoms with Crippen molar-refractivity contribution in [1.82, 2.24) is 15.0 Å². The van der Waals surface area contributed by atoms with Crippen LogP contribution in [0.4, 0.5) is 29.2 Å². The number of hydrogen-bond acceptors (Lipinski definition) is 7. The zero-order valence-electron chi connectivity index (χ0n) is 14.6. The number of benzene rings is 2. The highest BCUT2D eigenvalue weighted by Crippen LogP contribution is 2.21. The topological polar surface area (TPSA) is 75.2 Å². The van der Waals surface area contributed by atoms with E-state index < -0.39 is 0 Å². The predicted octanol–water partition coefficient (Wildman–Crippen LogP) is 3.85. The Morgan fingerprint density at radius 2 is 1.37 bits per heavy atom. The average molecular weight is 383 g/mol. The molecule has 138 valence electrons. The van der Waals surface area contributed by atoms with Gasteiger partial charge >= 0.3 is 0 Å². The Morgan fingerprint density at radius 1 is 0.778 bits per heavy atom. The van der Waals surface area contributed by atoms with Gasteiger partial charge in [-0.3, -0.25) is 0 Å². The number of anilines is 5. The number of ether oxygens (including phenoxy) is 1. The second-order valence-electron chi connectivity index (χ2n) is 6.00. The lowest BCUT2D eigenvalue weighted by Crippen LogP contribution is -2.37. The fraction of sp³-hybridized carbons (Fsp3) is 0.211. The minimum Gasteiger partial charge on any atom is -0.378 e. The summed E-state index contributed by atoms with van der Waals surface area (Å²) in [6.07, 6.45) is 0. The van der Waals surface area contributed by atoms with Crippen LogP contribution < -0.4 is 15.5 Å². The van der Waals surface area contributed by atoms with Gasteiger partial charge in [-0.05, 0) is 36.4 Å². The van der Waals surface area contributed by atoms with E-state index in [4.69, 9.17) is 16.3 Å². The zero-order valence-corrected chi connectivity index (χ0v) is 15.4. The molecule has 1 saturated heterocycles. The molecule has 0 radical (unpaired) electrons. The fourth-order valence-corrected chi connectivity index (χ4v) is 2.82. The van der Waals surface area contributed by atoms with Crippen LogP contribution in [0, 0.1) is 0 Å². The summed E-state index contributed by atoms with van der Waals surface area (Å²) < 4.78 is 5.43. The maximum Gasteiger partial charge on any atom is 0.233 e. The molecular weight excluding hydrogens is 364 g/mol. The van der Waals surface area contributed by atoms with E-state index in [1.807, 2.05) is 54.6 Å². The Hall–Kier alpha value is -2.90. The number of nitrogens with zero attached hydrogens (tertiary/aromatic N) is 4. The van der Waals surface area contributed by atoms with Gasteiger partial charge in [0.1, 0.15) is 0 Å². The van der Waals surface area contributed by atoms with Crippen molar-refractivity contribution in [2.24, 2.45) is 0 Å². The molecule has 0 atom stereocenters. The Balaban J connectivity index is 1.63. The minimum absolute atomic E-state index is 0.465. The monoisotopic (exact) mass is 382 g/mol. The van der Waals surface area contributed by atoms with Crippen LogP contribution in [-0.2, 0) is 4.74 Å². The average Bonchev–Trinajstić information content (AvgIpc) is 2.71. The Morgan fingerprint density at radius 3 is 2.00 bits per heavy atom. The van der Waals surface area contributed by atoms with E-state index in [2.05, 4.69) is 30.5 Å². The van der Waals surface area contributed by atoms with Gasteiger partial charge in [-0.2, -0.15) is 15.0 Å². The first-order valence-corrected chi connectivity index (χ1v) is 9.07. The van der Waals surface area contributed by atoms with Crippen molar-refractivity contribution < 1.29 is 4.74 Å². The van der Waals surface area contributed by atoms with Gasteiger partial charge in [-0.1, -0.05) is 29.8 Å². The number of morpholine rings is 1. The number of rotatable bonds is 5. The van der Waals surface area contributed by atoms with E-state index in [0.717, 1.165) is 24.5 Å². The molecule has 0 unspecified atom stereocenters. The highest BCUT2D eigenvalue weighted by Gasteiger charge is 2.17. The van der Waals surface area contributed by atoms with E-state index in [-0.39, 0.29) is 0 Å². The summed E-state index contributed by atoms with van der Waals surface area (Å²) in [7, 11) is 0. The zero-order chi connectivity index (χ0) is 18.5. The molecule has 0 aliphatic carbocycles. The number of halogens is 1. The lowest BCUT2D eigenvalue weighted by Gasteiger charge is -2.27. The molecule has 3 aromatic rings. The first kappa shape index (κ1) is 17.5. The van der Waals surface area contributed by atoms with Gasteiger partial charge in [0, 0.05) is 29.5 Å². The molecule has 1 aliphatic rings. The molecule has 0 amide bonds. The molecule has 0 saturated carbocycles. The van der Waals surface area contributed by atoms with E-state index in [9.17, 15) is 0 Å². The summed E-state index contributed by atoms with van der Waals surface area (Å²) in [5.41, 5.74) is 1.76. The molecule has 4 rings (SSSR count). The second kappa shape index (κ2) is 8.20. The number of para-hydroxylation sites is 1. The smallest absolute Gasteiger partial charge is 0.233 e. The van der Waals surface area contributed by atoms with Crippen molar-refractivity contribution in [2.45, 2.75) is 0 Å². The Kier molecular flexibility index (Phi) is 5.32. The molecule has 1 fully saturated rings. The maximum absolute atomic E-state index is 5.96. The predicted molar refractivity (Wildman–Crippen MR) is 107 cm³/mol. The first-order chi connectivity index (χ1) is 13.3. The van der Waals surface area contributed by atoms with Gasteiger partial charge in [-0.25, -0.2) is 0 Å². The quantitative estimate of drug-likeness (QED) is 0.694.